The molecule has 1 aromatic carbocycles. The van der Waals surface area contributed by atoms with Gasteiger partial charge in [0.25, 0.3) is 0 Å². The molecule has 0 saturated carbocycles. The highest BCUT2D eigenvalue weighted by molar-refractivity contribution is 5.20. The summed E-state index contributed by atoms with van der Waals surface area (Å²) in [5.41, 5.74) is 1.29. The van der Waals surface area contributed by atoms with Crippen molar-refractivity contribution in [2.24, 2.45) is 5.92 Å². The summed E-state index contributed by atoms with van der Waals surface area (Å²) in [5.74, 6) is 0.558. The summed E-state index contributed by atoms with van der Waals surface area (Å²) in [7, 11) is 0. The molecule has 2 aliphatic rings. The molecule has 0 N–H and O–H groups in total. The van der Waals surface area contributed by atoms with Crippen molar-refractivity contribution >= 4 is 0 Å². The number of rotatable bonds is 1. The average molecular weight is 204 g/mol. The number of hydrogen-bond acceptors (Lipinski definition) is 2. The van der Waals surface area contributed by atoms with Crippen LogP contribution < -0.4 is 0 Å². The minimum atomic E-state index is 0.251. The predicted molar refractivity (Wildman–Crippen MR) is 57.6 cm³/mol. The van der Waals surface area contributed by atoms with Gasteiger partial charge in [-0.3, -0.25) is 0 Å². The largest absolute Gasteiger partial charge is 0.372 e. The molecule has 2 heterocycles. The maximum Gasteiger partial charge on any atom is 0.0881 e. The summed E-state index contributed by atoms with van der Waals surface area (Å²) in [6, 6.07) is 10.5. The minimum Gasteiger partial charge on any atom is -0.372 e. The Morgan fingerprint density at radius 3 is 2.80 bits per heavy atom. The van der Waals surface area contributed by atoms with Crippen LogP contribution in [0.25, 0.3) is 0 Å². The highest BCUT2D eigenvalue weighted by atomic mass is 16.6. The topological polar surface area (TPSA) is 18.5 Å². The second kappa shape index (κ2) is 3.62. The maximum atomic E-state index is 5.83. The molecule has 1 aromatic rings. The first-order valence-electron chi connectivity index (χ1n) is 5.66. The summed E-state index contributed by atoms with van der Waals surface area (Å²) >= 11 is 0. The molecule has 80 valence electrons. The van der Waals surface area contributed by atoms with Crippen LogP contribution in [0.15, 0.2) is 30.3 Å². The lowest BCUT2D eigenvalue weighted by molar-refractivity contribution is 0.0164. The fourth-order valence-corrected chi connectivity index (χ4v) is 2.78. The predicted octanol–water partition coefficient (Wildman–Crippen LogP) is 2.55. The Morgan fingerprint density at radius 2 is 2.00 bits per heavy atom. The fraction of sp³-hybridized carbons (Fsp3) is 0.538. The van der Waals surface area contributed by atoms with Crippen LogP contribution in [0.3, 0.4) is 0 Å². The molecule has 3 rings (SSSR count). The Labute approximate surface area is 90.2 Å². The van der Waals surface area contributed by atoms with Crippen LogP contribution in [0.5, 0.6) is 0 Å². The number of hydrogen-bond donors (Lipinski definition) is 0. The molecule has 0 bridgehead atoms. The first-order chi connectivity index (χ1) is 7.34. The fourth-order valence-electron chi connectivity index (χ4n) is 2.78. The van der Waals surface area contributed by atoms with Crippen molar-refractivity contribution in [2.75, 3.05) is 6.61 Å². The van der Waals surface area contributed by atoms with Crippen molar-refractivity contribution < 1.29 is 9.47 Å². The Morgan fingerprint density at radius 1 is 1.20 bits per heavy atom. The number of benzene rings is 1. The smallest absolute Gasteiger partial charge is 0.0881 e. The lowest BCUT2D eigenvalue weighted by Gasteiger charge is -2.16. The van der Waals surface area contributed by atoms with Crippen LogP contribution >= 0.6 is 0 Å². The monoisotopic (exact) mass is 204 g/mol. The van der Waals surface area contributed by atoms with Gasteiger partial charge in [-0.15, -0.1) is 0 Å². The Hall–Kier alpha value is -0.860. The zero-order valence-electron chi connectivity index (χ0n) is 8.93. The van der Waals surface area contributed by atoms with E-state index >= 15 is 0 Å². The third kappa shape index (κ3) is 1.58. The lowest BCUT2D eigenvalue weighted by atomic mass is 9.91. The van der Waals surface area contributed by atoms with E-state index in [2.05, 4.69) is 31.2 Å². The first kappa shape index (κ1) is 9.37. The van der Waals surface area contributed by atoms with Crippen LogP contribution in [0.4, 0.5) is 0 Å². The summed E-state index contributed by atoms with van der Waals surface area (Å²) < 4.78 is 11.6. The van der Waals surface area contributed by atoms with Crippen LogP contribution in [-0.2, 0) is 9.47 Å². The maximum absolute atomic E-state index is 5.83. The van der Waals surface area contributed by atoms with E-state index < -0.39 is 0 Å². The van der Waals surface area contributed by atoms with Gasteiger partial charge in [-0.2, -0.15) is 0 Å². The van der Waals surface area contributed by atoms with Gasteiger partial charge in [0.2, 0.25) is 0 Å². The zero-order valence-corrected chi connectivity index (χ0v) is 8.93. The Balaban J connectivity index is 1.84. The zero-order chi connectivity index (χ0) is 10.3. The quantitative estimate of drug-likeness (QED) is 0.700. The SMILES string of the molecule is CC1C[C@@H]2[C@@H](CO[C@H]2c2ccccc2)O1. The van der Waals surface area contributed by atoms with Crippen molar-refractivity contribution in [3.05, 3.63) is 35.9 Å². The van der Waals surface area contributed by atoms with Gasteiger partial charge in [0.05, 0.1) is 24.9 Å². The third-order valence-corrected chi connectivity index (χ3v) is 3.45. The van der Waals surface area contributed by atoms with Gasteiger partial charge in [-0.25, -0.2) is 0 Å². The van der Waals surface area contributed by atoms with Gasteiger partial charge in [0.1, 0.15) is 0 Å². The molecular formula is C13H16O2. The minimum absolute atomic E-state index is 0.251. The van der Waals surface area contributed by atoms with Crippen molar-refractivity contribution in [3.8, 4) is 0 Å². The van der Waals surface area contributed by atoms with Gasteiger partial charge >= 0.3 is 0 Å². The molecule has 0 aliphatic carbocycles. The number of fused-ring (bicyclic) bond motifs is 1. The molecule has 2 heteroatoms. The molecule has 2 aliphatic heterocycles. The van der Waals surface area contributed by atoms with E-state index in [0.717, 1.165) is 13.0 Å². The van der Waals surface area contributed by atoms with Gasteiger partial charge in [-0.05, 0) is 18.9 Å². The third-order valence-electron chi connectivity index (χ3n) is 3.45. The molecule has 15 heavy (non-hydrogen) atoms. The van der Waals surface area contributed by atoms with E-state index in [0.29, 0.717) is 18.1 Å². The van der Waals surface area contributed by atoms with Crippen molar-refractivity contribution in [1.29, 1.82) is 0 Å². The van der Waals surface area contributed by atoms with Gasteiger partial charge in [0.15, 0.2) is 0 Å². The Bertz CT molecular complexity index is 336. The van der Waals surface area contributed by atoms with Crippen molar-refractivity contribution in [3.63, 3.8) is 0 Å². The highest BCUT2D eigenvalue weighted by Crippen LogP contribution is 2.43. The molecule has 2 nitrogen and oxygen atoms in total. The van der Waals surface area contributed by atoms with E-state index in [4.69, 9.17) is 9.47 Å². The van der Waals surface area contributed by atoms with Crippen LogP contribution in [-0.4, -0.2) is 18.8 Å². The van der Waals surface area contributed by atoms with E-state index in [1.807, 2.05) is 6.07 Å². The molecule has 0 amide bonds. The average Bonchev–Trinajstić information content (AvgIpc) is 2.77. The summed E-state index contributed by atoms with van der Waals surface area (Å²) in [6.07, 6.45) is 2.10. The second-order valence-corrected chi connectivity index (χ2v) is 4.55. The van der Waals surface area contributed by atoms with Gasteiger partial charge in [-0.1, -0.05) is 30.3 Å². The standard InChI is InChI=1S/C13H16O2/c1-9-7-11-12(15-9)8-14-13(11)10-5-3-2-4-6-10/h2-6,9,11-13H,7-8H2,1H3/t9?,11-,12-,13+/m1/s1. The highest BCUT2D eigenvalue weighted by Gasteiger charge is 2.44. The summed E-state index contributed by atoms with van der Waals surface area (Å²) in [6.45, 7) is 2.91. The molecule has 2 saturated heterocycles. The normalized spacial score (nSPS) is 39.3. The molecule has 2 fully saturated rings. The van der Waals surface area contributed by atoms with Crippen LogP contribution in [0, 0.1) is 5.92 Å². The second-order valence-electron chi connectivity index (χ2n) is 4.55. The van der Waals surface area contributed by atoms with Crippen molar-refractivity contribution in [2.45, 2.75) is 31.7 Å². The molecule has 4 atom stereocenters. The molecule has 1 unspecified atom stereocenters. The number of ether oxygens (including phenoxy) is 2. The van der Waals surface area contributed by atoms with E-state index in [1.54, 1.807) is 0 Å². The van der Waals surface area contributed by atoms with E-state index in [-0.39, 0.29) is 6.10 Å². The van der Waals surface area contributed by atoms with Crippen LogP contribution in [0.2, 0.25) is 0 Å². The first-order valence-corrected chi connectivity index (χ1v) is 5.66. The van der Waals surface area contributed by atoms with E-state index in [9.17, 15) is 0 Å². The molecule has 0 aromatic heterocycles. The molecular weight excluding hydrogens is 188 g/mol. The summed E-state index contributed by atoms with van der Waals surface area (Å²) in [4.78, 5) is 0. The van der Waals surface area contributed by atoms with Gasteiger partial charge in [0, 0.05) is 5.92 Å². The molecule has 0 spiro atoms. The summed E-state index contributed by atoms with van der Waals surface area (Å²) in [5, 5.41) is 0. The lowest BCUT2D eigenvalue weighted by Crippen LogP contribution is -2.14. The van der Waals surface area contributed by atoms with Crippen molar-refractivity contribution in [1.82, 2.24) is 0 Å². The van der Waals surface area contributed by atoms with E-state index in [1.165, 1.54) is 5.56 Å². The molecule has 0 radical (unpaired) electrons. The Kier molecular flexibility index (Phi) is 2.26. The van der Waals surface area contributed by atoms with Crippen LogP contribution in [0.1, 0.15) is 25.0 Å². The van der Waals surface area contributed by atoms with Gasteiger partial charge < -0.3 is 9.47 Å².